The number of carbonyl (C=O) groups excluding carboxylic acids is 1. The van der Waals surface area contributed by atoms with E-state index >= 15 is 0 Å². The summed E-state index contributed by atoms with van der Waals surface area (Å²) in [4.78, 5) is 15.8. The van der Waals surface area contributed by atoms with E-state index in [0.717, 1.165) is 12.1 Å². The van der Waals surface area contributed by atoms with E-state index < -0.39 is 0 Å². The summed E-state index contributed by atoms with van der Waals surface area (Å²) in [6.45, 7) is 2.62. The summed E-state index contributed by atoms with van der Waals surface area (Å²) in [5.74, 6) is 0.0395. The van der Waals surface area contributed by atoms with Crippen molar-refractivity contribution in [1.29, 1.82) is 0 Å². The fourth-order valence-electron chi connectivity index (χ4n) is 1.60. The second-order valence-corrected chi connectivity index (χ2v) is 5.48. The van der Waals surface area contributed by atoms with Crippen LogP contribution in [0.15, 0.2) is 24.3 Å². The Morgan fingerprint density at radius 1 is 1.22 bits per heavy atom. The maximum Gasteiger partial charge on any atom is 0.253 e. The standard InChI is InChI=1S/C14H21ClN2O/c1-11(15)9-10-17(4)14(18)12-5-7-13(8-6-12)16(2)3/h5-8,11H,9-10H2,1-4H3. The van der Waals surface area contributed by atoms with Gasteiger partial charge in [-0.15, -0.1) is 11.6 Å². The molecule has 0 radical (unpaired) electrons. The number of rotatable bonds is 5. The Labute approximate surface area is 114 Å². The van der Waals surface area contributed by atoms with Crippen molar-refractivity contribution in [2.24, 2.45) is 0 Å². The molecule has 1 amide bonds. The number of carbonyl (C=O) groups is 1. The summed E-state index contributed by atoms with van der Waals surface area (Å²) in [5, 5.41) is 0.0939. The summed E-state index contributed by atoms with van der Waals surface area (Å²) in [7, 11) is 5.76. The molecule has 1 atom stereocenters. The molecule has 1 aromatic carbocycles. The molecule has 0 aliphatic carbocycles. The minimum Gasteiger partial charge on any atom is -0.378 e. The van der Waals surface area contributed by atoms with E-state index in [0.29, 0.717) is 12.1 Å². The van der Waals surface area contributed by atoms with E-state index in [9.17, 15) is 4.79 Å². The van der Waals surface area contributed by atoms with Crippen LogP contribution in [0.5, 0.6) is 0 Å². The van der Waals surface area contributed by atoms with Gasteiger partial charge in [0, 0.05) is 44.3 Å². The monoisotopic (exact) mass is 268 g/mol. The largest absolute Gasteiger partial charge is 0.378 e. The molecule has 0 fully saturated rings. The zero-order valence-electron chi connectivity index (χ0n) is 11.5. The van der Waals surface area contributed by atoms with Gasteiger partial charge in [0.15, 0.2) is 0 Å². The Balaban J connectivity index is 2.66. The van der Waals surface area contributed by atoms with Gasteiger partial charge in [-0.05, 0) is 37.6 Å². The second-order valence-electron chi connectivity index (χ2n) is 4.74. The van der Waals surface area contributed by atoms with Gasteiger partial charge in [0.05, 0.1) is 0 Å². The third-order valence-electron chi connectivity index (χ3n) is 2.84. The van der Waals surface area contributed by atoms with Gasteiger partial charge in [0.1, 0.15) is 0 Å². The third-order valence-corrected chi connectivity index (χ3v) is 3.06. The van der Waals surface area contributed by atoms with Gasteiger partial charge in [-0.2, -0.15) is 0 Å². The number of hydrogen-bond acceptors (Lipinski definition) is 2. The Bertz CT molecular complexity index is 387. The van der Waals surface area contributed by atoms with Gasteiger partial charge in [0.25, 0.3) is 5.91 Å². The predicted molar refractivity (Wildman–Crippen MR) is 77.7 cm³/mol. The molecule has 0 bridgehead atoms. The van der Waals surface area contributed by atoms with Gasteiger partial charge < -0.3 is 9.80 Å². The third kappa shape index (κ3) is 4.22. The zero-order chi connectivity index (χ0) is 13.7. The Hall–Kier alpha value is -1.22. The Kier molecular flexibility index (Phi) is 5.48. The van der Waals surface area contributed by atoms with Crippen molar-refractivity contribution in [3.63, 3.8) is 0 Å². The van der Waals surface area contributed by atoms with Crippen LogP contribution in [-0.2, 0) is 0 Å². The molecule has 0 aromatic heterocycles. The maximum absolute atomic E-state index is 12.1. The lowest BCUT2D eigenvalue weighted by molar-refractivity contribution is 0.0793. The molecular formula is C14H21ClN2O. The lowest BCUT2D eigenvalue weighted by Gasteiger charge is -2.18. The predicted octanol–water partition coefficient (Wildman–Crippen LogP) is 2.84. The summed E-state index contributed by atoms with van der Waals surface area (Å²) < 4.78 is 0. The second kappa shape index (κ2) is 6.64. The van der Waals surface area contributed by atoms with E-state index in [1.807, 2.05) is 57.2 Å². The highest BCUT2D eigenvalue weighted by Crippen LogP contribution is 2.13. The van der Waals surface area contributed by atoms with Crippen LogP contribution < -0.4 is 4.90 Å². The van der Waals surface area contributed by atoms with Crippen molar-refractivity contribution in [3.05, 3.63) is 29.8 Å². The number of halogens is 1. The van der Waals surface area contributed by atoms with Gasteiger partial charge >= 0.3 is 0 Å². The smallest absolute Gasteiger partial charge is 0.253 e. The maximum atomic E-state index is 12.1. The van der Waals surface area contributed by atoms with Crippen LogP contribution in [0.25, 0.3) is 0 Å². The molecular weight excluding hydrogens is 248 g/mol. The van der Waals surface area contributed by atoms with E-state index in [1.54, 1.807) is 4.90 Å². The lowest BCUT2D eigenvalue weighted by Crippen LogP contribution is -2.28. The highest BCUT2D eigenvalue weighted by molar-refractivity contribution is 6.20. The fourth-order valence-corrected chi connectivity index (χ4v) is 1.69. The minimum atomic E-state index is 0.0395. The highest BCUT2D eigenvalue weighted by Gasteiger charge is 2.12. The topological polar surface area (TPSA) is 23.6 Å². The van der Waals surface area contributed by atoms with E-state index in [4.69, 9.17) is 11.6 Å². The van der Waals surface area contributed by atoms with E-state index in [2.05, 4.69) is 0 Å². The summed E-state index contributed by atoms with van der Waals surface area (Å²) >= 11 is 5.88. The quantitative estimate of drug-likeness (QED) is 0.767. The first-order chi connectivity index (χ1) is 8.41. The molecule has 0 aliphatic rings. The number of anilines is 1. The van der Waals surface area contributed by atoms with Gasteiger partial charge in [-0.1, -0.05) is 0 Å². The molecule has 100 valence electrons. The Morgan fingerprint density at radius 3 is 2.22 bits per heavy atom. The van der Waals surface area contributed by atoms with Gasteiger partial charge in [-0.25, -0.2) is 0 Å². The van der Waals surface area contributed by atoms with Crippen LogP contribution in [-0.4, -0.2) is 43.9 Å². The average molecular weight is 269 g/mol. The number of alkyl halides is 1. The first kappa shape index (κ1) is 14.8. The van der Waals surface area contributed by atoms with Crippen LogP contribution in [0.2, 0.25) is 0 Å². The van der Waals surface area contributed by atoms with Gasteiger partial charge in [0.2, 0.25) is 0 Å². The normalized spacial score (nSPS) is 12.1. The molecule has 0 saturated heterocycles. The lowest BCUT2D eigenvalue weighted by atomic mass is 10.1. The molecule has 0 saturated carbocycles. The van der Waals surface area contributed by atoms with Crippen molar-refractivity contribution in [2.75, 3.05) is 32.6 Å². The summed E-state index contributed by atoms with van der Waals surface area (Å²) in [6.07, 6.45) is 0.805. The number of amides is 1. The minimum absolute atomic E-state index is 0.0395. The van der Waals surface area contributed by atoms with Crippen molar-refractivity contribution >= 4 is 23.2 Å². The van der Waals surface area contributed by atoms with Crippen molar-refractivity contribution < 1.29 is 4.79 Å². The first-order valence-corrected chi connectivity index (χ1v) is 6.52. The number of benzene rings is 1. The SMILES string of the molecule is CC(Cl)CCN(C)C(=O)c1ccc(N(C)C)cc1. The summed E-state index contributed by atoms with van der Waals surface area (Å²) in [6, 6.07) is 7.62. The molecule has 0 spiro atoms. The first-order valence-electron chi connectivity index (χ1n) is 6.08. The van der Waals surface area contributed by atoms with E-state index in [-0.39, 0.29) is 11.3 Å². The van der Waals surface area contributed by atoms with Gasteiger partial charge in [-0.3, -0.25) is 4.79 Å². The molecule has 1 rings (SSSR count). The number of hydrogen-bond donors (Lipinski definition) is 0. The van der Waals surface area contributed by atoms with Crippen molar-refractivity contribution in [3.8, 4) is 0 Å². The fraction of sp³-hybridized carbons (Fsp3) is 0.500. The van der Waals surface area contributed by atoms with Crippen molar-refractivity contribution in [1.82, 2.24) is 4.90 Å². The summed E-state index contributed by atoms with van der Waals surface area (Å²) in [5.41, 5.74) is 1.80. The Morgan fingerprint density at radius 2 is 1.78 bits per heavy atom. The number of nitrogens with zero attached hydrogens (tertiary/aromatic N) is 2. The molecule has 4 heteroatoms. The average Bonchev–Trinajstić information content (AvgIpc) is 2.35. The molecule has 0 N–H and O–H groups in total. The van der Waals surface area contributed by atoms with Crippen LogP contribution in [0.3, 0.4) is 0 Å². The molecule has 18 heavy (non-hydrogen) atoms. The molecule has 1 unspecified atom stereocenters. The molecule has 0 heterocycles. The van der Waals surface area contributed by atoms with Crippen LogP contribution >= 0.6 is 11.6 Å². The molecule has 0 aliphatic heterocycles. The van der Waals surface area contributed by atoms with Crippen molar-refractivity contribution in [2.45, 2.75) is 18.7 Å². The zero-order valence-corrected chi connectivity index (χ0v) is 12.2. The van der Waals surface area contributed by atoms with Crippen LogP contribution in [0.4, 0.5) is 5.69 Å². The van der Waals surface area contributed by atoms with E-state index in [1.165, 1.54) is 0 Å². The van der Waals surface area contributed by atoms with Crippen LogP contribution in [0.1, 0.15) is 23.7 Å². The molecule has 1 aromatic rings. The van der Waals surface area contributed by atoms with Crippen LogP contribution in [0, 0.1) is 0 Å². The molecule has 3 nitrogen and oxygen atoms in total. The highest BCUT2D eigenvalue weighted by atomic mass is 35.5.